The highest BCUT2D eigenvalue weighted by molar-refractivity contribution is 5.81. The highest BCUT2D eigenvalue weighted by Gasteiger charge is 2.15. The fourth-order valence-electron chi connectivity index (χ4n) is 2.30. The lowest BCUT2D eigenvalue weighted by atomic mass is 10.2. The van der Waals surface area contributed by atoms with Gasteiger partial charge in [0.15, 0.2) is 5.96 Å². The van der Waals surface area contributed by atoms with E-state index in [1.54, 1.807) is 0 Å². The molecule has 0 radical (unpaired) electrons. The van der Waals surface area contributed by atoms with Crippen molar-refractivity contribution in [3.63, 3.8) is 0 Å². The number of carbonyl (C=O) groups excluding carboxylic acids is 2. The van der Waals surface area contributed by atoms with Crippen molar-refractivity contribution in [1.82, 2.24) is 21.3 Å². The molecule has 0 fully saturated rings. The van der Waals surface area contributed by atoms with E-state index in [1.807, 2.05) is 58.0 Å². The Labute approximate surface area is 173 Å². The van der Waals surface area contributed by atoms with Crippen molar-refractivity contribution in [1.29, 1.82) is 0 Å². The van der Waals surface area contributed by atoms with Crippen molar-refractivity contribution in [3.05, 3.63) is 35.9 Å². The molecule has 0 saturated carbocycles. The molecule has 1 aromatic carbocycles. The molecule has 162 valence electrons. The first-order valence-electron chi connectivity index (χ1n) is 10.1. The number of guanidine groups is 1. The summed E-state index contributed by atoms with van der Waals surface area (Å²) in [7, 11) is 0. The summed E-state index contributed by atoms with van der Waals surface area (Å²) in [6.45, 7) is 10.2. The quantitative estimate of drug-likeness (QED) is 0.271. The van der Waals surface area contributed by atoms with E-state index in [1.165, 1.54) is 0 Å². The monoisotopic (exact) mass is 405 g/mol. The van der Waals surface area contributed by atoms with Crippen LogP contribution in [0.1, 0.15) is 46.1 Å². The number of amides is 2. The highest BCUT2D eigenvalue weighted by Crippen LogP contribution is 2.06. The zero-order valence-electron chi connectivity index (χ0n) is 18.0. The normalized spacial score (nSPS) is 11.5. The standard InChI is InChI=1S/C21H35N5O3/c1-5-22-19(23-13-9-14-25-20(28)29-21(2,3)4)24-15-12-18(27)26-16-17-10-7-6-8-11-17/h6-8,10-11H,5,9,12-16H2,1-4H3,(H,25,28)(H,26,27)(H2,22,23,24). The molecule has 0 aliphatic heterocycles. The minimum Gasteiger partial charge on any atom is -0.444 e. The summed E-state index contributed by atoms with van der Waals surface area (Å²) in [5.41, 5.74) is 0.571. The topological polar surface area (TPSA) is 104 Å². The number of aliphatic imine (C=N–C) groups is 1. The van der Waals surface area contributed by atoms with E-state index < -0.39 is 11.7 Å². The second kappa shape index (κ2) is 13.4. The third kappa shape index (κ3) is 13.1. The maximum atomic E-state index is 12.0. The van der Waals surface area contributed by atoms with Gasteiger partial charge in [0.05, 0.1) is 0 Å². The van der Waals surface area contributed by atoms with Gasteiger partial charge in [0.1, 0.15) is 5.60 Å². The van der Waals surface area contributed by atoms with E-state index in [2.05, 4.69) is 26.3 Å². The fraction of sp³-hybridized carbons (Fsp3) is 0.571. The second-order valence-electron chi connectivity index (χ2n) is 7.48. The van der Waals surface area contributed by atoms with Crippen LogP contribution >= 0.6 is 0 Å². The molecule has 0 aromatic heterocycles. The number of carbonyl (C=O) groups is 2. The first-order chi connectivity index (χ1) is 13.8. The van der Waals surface area contributed by atoms with Gasteiger partial charge in [-0.3, -0.25) is 9.79 Å². The SMILES string of the molecule is CCNC(=NCCCNC(=O)OC(C)(C)C)NCCC(=O)NCc1ccccc1. The van der Waals surface area contributed by atoms with Crippen molar-refractivity contribution in [3.8, 4) is 0 Å². The van der Waals surface area contributed by atoms with Crippen molar-refractivity contribution in [2.45, 2.75) is 52.7 Å². The molecular weight excluding hydrogens is 370 g/mol. The van der Waals surface area contributed by atoms with Gasteiger partial charge in [-0.25, -0.2) is 4.79 Å². The minimum atomic E-state index is -0.502. The molecule has 0 aliphatic rings. The maximum Gasteiger partial charge on any atom is 0.407 e. The molecule has 8 heteroatoms. The Bertz CT molecular complexity index is 641. The lowest BCUT2D eigenvalue weighted by Crippen LogP contribution is -2.39. The number of ether oxygens (including phenoxy) is 1. The van der Waals surface area contributed by atoms with Gasteiger partial charge in [-0.1, -0.05) is 30.3 Å². The van der Waals surface area contributed by atoms with Gasteiger partial charge in [0, 0.05) is 39.1 Å². The Morgan fingerprint density at radius 1 is 1.00 bits per heavy atom. The van der Waals surface area contributed by atoms with E-state index >= 15 is 0 Å². The molecule has 0 spiro atoms. The Morgan fingerprint density at radius 2 is 1.72 bits per heavy atom. The van der Waals surface area contributed by atoms with Crippen molar-refractivity contribution >= 4 is 18.0 Å². The Morgan fingerprint density at radius 3 is 2.38 bits per heavy atom. The van der Waals surface area contributed by atoms with Crippen LogP contribution in [0.5, 0.6) is 0 Å². The number of nitrogens with one attached hydrogen (secondary N) is 4. The van der Waals surface area contributed by atoms with Gasteiger partial charge in [-0.05, 0) is 39.7 Å². The molecule has 0 heterocycles. The molecule has 0 saturated heterocycles. The van der Waals surface area contributed by atoms with Gasteiger partial charge in [-0.2, -0.15) is 0 Å². The summed E-state index contributed by atoms with van der Waals surface area (Å²) < 4.78 is 5.18. The van der Waals surface area contributed by atoms with Gasteiger partial charge < -0.3 is 26.0 Å². The summed E-state index contributed by atoms with van der Waals surface area (Å²) in [5.74, 6) is 0.638. The van der Waals surface area contributed by atoms with Gasteiger partial charge in [0.25, 0.3) is 0 Å². The van der Waals surface area contributed by atoms with Crippen LogP contribution in [0.3, 0.4) is 0 Å². The van der Waals surface area contributed by atoms with E-state index in [0.29, 0.717) is 45.0 Å². The number of hydrogen-bond acceptors (Lipinski definition) is 4. The molecular formula is C21H35N5O3. The van der Waals surface area contributed by atoms with E-state index in [9.17, 15) is 9.59 Å². The number of rotatable bonds is 10. The van der Waals surface area contributed by atoms with Crippen LogP contribution in [0.4, 0.5) is 4.79 Å². The van der Waals surface area contributed by atoms with Crippen LogP contribution in [0.25, 0.3) is 0 Å². The fourth-order valence-corrected chi connectivity index (χ4v) is 2.30. The van der Waals surface area contributed by atoms with Crippen LogP contribution in [-0.4, -0.2) is 49.7 Å². The Hall–Kier alpha value is -2.77. The summed E-state index contributed by atoms with van der Waals surface area (Å²) in [6.07, 6.45) is 0.623. The van der Waals surface area contributed by atoms with Crippen LogP contribution < -0.4 is 21.3 Å². The zero-order chi connectivity index (χ0) is 21.5. The first-order valence-corrected chi connectivity index (χ1v) is 10.1. The average Bonchev–Trinajstić information content (AvgIpc) is 2.65. The molecule has 0 aliphatic carbocycles. The largest absolute Gasteiger partial charge is 0.444 e. The predicted molar refractivity (Wildman–Crippen MR) is 116 cm³/mol. The van der Waals surface area contributed by atoms with Crippen molar-refractivity contribution in [2.75, 3.05) is 26.2 Å². The van der Waals surface area contributed by atoms with E-state index in [4.69, 9.17) is 4.74 Å². The number of alkyl carbamates (subject to hydrolysis) is 1. The van der Waals surface area contributed by atoms with Gasteiger partial charge >= 0.3 is 6.09 Å². The first kappa shape index (κ1) is 24.3. The smallest absolute Gasteiger partial charge is 0.407 e. The van der Waals surface area contributed by atoms with Gasteiger partial charge in [0.2, 0.25) is 5.91 Å². The number of hydrogen-bond donors (Lipinski definition) is 4. The molecule has 0 bridgehead atoms. The van der Waals surface area contributed by atoms with Crippen molar-refractivity contribution < 1.29 is 14.3 Å². The third-order valence-corrected chi connectivity index (χ3v) is 3.59. The predicted octanol–water partition coefficient (Wildman–Crippen LogP) is 2.16. The third-order valence-electron chi connectivity index (χ3n) is 3.59. The number of nitrogens with zero attached hydrogens (tertiary/aromatic N) is 1. The molecule has 1 aromatic rings. The summed E-state index contributed by atoms with van der Waals surface area (Å²) in [4.78, 5) is 28.0. The lowest BCUT2D eigenvalue weighted by Gasteiger charge is -2.19. The van der Waals surface area contributed by atoms with Crippen LogP contribution in [0, 0.1) is 0 Å². The molecule has 0 unspecified atom stereocenters. The van der Waals surface area contributed by atoms with Crippen LogP contribution in [-0.2, 0) is 16.1 Å². The van der Waals surface area contributed by atoms with Crippen LogP contribution in [0.15, 0.2) is 35.3 Å². The Kier molecular flexibility index (Phi) is 11.2. The number of benzene rings is 1. The Balaban J connectivity index is 2.22. The van der Waals surface area contributed by atoms with E-state index in [-0.39, 0.29) is 5.91 Å². The zero-order valence-corrected chi connectivity index (χ0v) is 18.0. The van der Waals surface area contributed by atoms with Crippen LogP contribution in [0.2, 0.25) is 0 Å². The minimum absolute atomic E-state index is 0.0150. The molecule has 1 rings (SSSR count). The summed E-state index contributed by atoms with van der Waals surface area (Å²) in [5, 5.41) is 11.9. The molecule has 4 N–H and O–H groups in total. The van der Waals surface area contributed by atoms with Gasteiger partial charge in [-0.15, -0.1) is 0 Å². The highest BCUT2D eigenvalue weighted by atomic mass is 16.6. The maximum absolute atomic E-state index is 12.0. The molecule has 29 heavy (non-hydrogen) atoms. The summed E-state index contributed by atoms with van der Waals surface area (Å²) >= 11 is 0. The average molecular weight is 406 g/mol. The van der Waals surface area contributed by atoms with E-state index in [0.717, 1.165) is 12.1 Å². The molecule has 8 nitrogen and oxygen atoms in total. The van der Waals surface area contributed by atoms with Crippen molar-refractivity contribution in [2.24, 2.45) is 4.99 Å². The molecule has 0 atom stereocenters. The lowest BCUT2D eigenvalue weighted by molar-refractivity contribution is -0.121. The molecule has 2 amide bonds. The second-order valence-corrected chi connectivity index (χ2v) is 7.48. The summed E-state index contributed by atoms with van der Waals surface area (Å²) in [6, 6.07) is 9.80.